The van der Waals surface area contributed by atoms with Gasteiger partial charge in [0.15, 0.2) is 0 Å². The summed E-state index contributed by atoms with van der Waals surface area (Å²) in [6, 6.07) is 6.75. The van der Waals surface area contributed by atoms with Gasteiger partial charge in [-0.25, -0.2) is 0 Å². The van der Waals surface area contributed by atoms with Gasteiger partial charge in [0.25, 0.3) is 0 Å². The second-order valence-corrected chi connectivity index (χ2v) is 5.21. The van der Waals surface area contributed by atoms with Crippen molar-refractivity contribution in [1.82, 2.24) is 0 Å². The van der Waals surface area contributed by atoms with E-state index < -0.39 is 6.10 Å². The summed E-state index contributed by atoms with van der Waals surface area (Å²) >= 11 is 0. The molecule has 2 N–H and O–H groups in total. The molecule has 0 aliphatic carbocycles. The van der Waals surface area contributed by atoms with Gasteiger partial charge in [0, 0.05) is 0 Å². The fraction of sp³-hybridized carbons (Fsp3) is 0.538. The Morgan fingerprint density at radius 1 is 1.13 bits per heavy atom. The largest absolute Gasteiger partial charge is 0.508 e. The Kier molecular flexibility index (Phi) is 3.75. The normalized spacial score (nSPS) is 13.9. The molecule has 0 radical (unpaired) electrons. The number of phenolic OH excluding ortho intramolecular Hbond substituents is 1. The third-order valence-corrected chi connectivity index (χ3v) is 2.45. The average molecular weight is 208 g/mol. The monoisotopic (exact) mass is 208 g/mol. The van der Waals surface area contributed by atoms with Crippen LogP contribution in [0.1, 0.15) is 45.3 Å². The zero-order valence-electron chi connectivity index (χ0n) is 9.70. The Morgan fingerprint density at radius 2 is 1.67 bits per heavy atom. The standard InChI is InChI=1S/C13H20O2/c1-13(2,3)9-8-12(15)10-4-6-11(14)7-5-10/h4-7,12,14-15H,8-9H2,1-3H3. The predicted octanol–water partition coefficient (Wildman–Crippen LogP) is 3.25. The maximum Gasteiger partial charge on any atom is 0.115 e. The highest BCUT2D eigenvalue weighted by atomic mass is 16.3. The van der Waals surface area contributed by atoms with E-state index in [0.717, 1.165) is 18.4 Å². The summed E-state index contributed by atoms with van der Waals surface area (Å²) in [6.07, 6.45) is 1.31. The third kappa shape index (κ3) is 4.34. The van der Waals surface area contributed by atoms with Crippen molar-refractivity contribution in [2.24, 2.45) is 5.41 Å². The molecule has 0 spiro atoms. The van der Waals surface area contributed by atoms with Crippen molar-refractivity contribution in [3.05, 3.63) is 29.8 Å². The van der Waals surface area contributed by atoms with Gasteiger partial charge in [-0.15, -0.1) is 0 Å². The van der Waals surface area contributed by atoms with Gasteiger partial charge < -0.3 is 10.2 Å². The molecule has 0 saturated heterocycles. The molecule has 2 heteroatoms. The zero-order chi connectivity index (χ0) is 11.5. The van der Waals surface area contributed by atoms with Crippen molar-refractivity contribution >= 4 is 0 Å². The average Bonchev–Trinajstić information content (AvgIpc) is 2.14. The summed E-state index contributed by atoms with van der Waals surface area (Å²) in [5.74, 6) is 0.238. The number of aliphatic hydroxyl groups excluding tert-OH is 1. The molecule has 84 valence electrons. The quantitative estimate of drug-likeness (QED) is 0.800. The van der Waals surface area contributed by atoms with Crippen LogP contribution in [-0.4, -0.2) is 10.2 Å². The van der Waals surface area contributed by atoms with Crippen LogP contribution in [0.3, 0.4) is 0 Å². The minimum absolute atomic E-state index is 0.238. The lowest BCUT2D eigenvalue weighted by Crippen LogP contribution is -2.08. The number of phenols is 1. The summed E-state index contributed by atoms with van der Waals surface area (Å²) in [7, 11) is 0. The van der Waals surface area contributed by atoms with Crippen molar-refractivity contribution in [2.45, 2.75) is 39.7 Å². The summed E-state index contributed by atoms with van der Waals surface area (Å²) < 4.78 is 0. The molecule has 15 heavy (non-hydrogen) atoms. The highest BCUT2D eigenvalue weighted by Crippen LogP contribution is 2.27. The van der Waals surface area contributed by atoms with Gasteiger partial charge in [-0.05, 0) is 36.0 Å². The van der Waals surface area contributed by atoms with Gasteiger partial charge in [-0.3, -0.25) is 0 Å². The molecule has 0 saturated carbocycles. The smallest absolute Gasteiger partial charge is 0.115 e. The molecule has 0 fully saturated rings. The highest BCUT2D eigenvalue weighted by Gasteiger charge is 2.14. The SMILES string of the molecule is CC(C)(C)CCC(O)c1ccc(O)cc1. The molecule has 1 atom stereocenters. The minimum atomic E-state index is -0.426. The van der Waals surface area contributed by atoms with Gasteiger partial charge >= 0.3 is 0 Å². The van der Waals surface area contributed by atoms with E-state index in [-0.39, 0.29) is 11.2 Å². The first kappa shape index (κ1) is 12.1. The minimum Gasteiger partial charge on any atom is -0.508 e. The Labute approximate surface area is 91.6 Å². The number of hydrogen-bond acceptors (Lipinski definition) is 2. The first-order valence-electron chi connectivity index (χ1n) is 5.35. The van der Waals surface area contributed by atoms with E-state index in [1.807, 2.05) is 0 Å². The number of benzene rings is 1. The molecule has 0 aromatic heterocycles. The van der Waals surface area contributed by atoms with Crippen molar-refractivity contribution in [3.63, 3.8) is 0 Å². The van der Waals surface area contributed by atoms with E-state index in [2.05, 4.69) is 20.8 Å². The first-order chi connectivity index (χ1) is 6.88. The molecule has 0 amide bonds. The van der Waals surface area contributed by atoms with Crippen molar-refractivity contribution in [2.75, 3.05) is 0 Å². The van der Waals surface area contributed by atoms with Crippen LogP contribution in [0.15, 0.2) is 24.3 Å². The maximum absolute atomic E-state index is 9.89. The molecule has 1 rings (SSSR count). The molecule has 1 aromatic carbocycles. The van der Waals surface area contributed by atoms with E-state index in [9.17, 15) is 5.11 Å². The number of rotatable bonds is 3. The van der Waals surface area contributed by atoms with Crippen LogP contribution in [-0.2, 0) is 0 Å². The summed E-state index contributed by atoms with van der Waals surface area (Å²) in [5.41, 5.74) is 1.12. The molecule has 2 nitrogen and oxygen atoms in total. The molecule has 1 aromatic rings. The van der Waals surface area contributed by atoms with Crippen LogP contribution in [0.2, 0.25) is 0 Å². The molecular weight excluding hydrogens is 188 g/mol. The molecule has 1 unspecified atom stereocenters. The fourth-order valence-corrected chi connectivity index (χ4v) is 1.43. The lowest BCUT2D eigenvalue weighted by Gasteiger charge is -2.20. The fourth-order valence-electron chi connectivity index (χ4n) is 1.43. The number of hydrogen-bond donors (Lipinski definition) is 2. The lowest BCUT2D eigenvalue weighted by atomic mass is 9.88. The van der Waals surface area contributed by atoms with E-state index in [4.69, 9.17) is 5.11 Å². The molecule has 0 bridgehead atoms. The lowest BCUT2D eigenvalue weighted by molar-refractivity contribution is 0.147. The van der Waals surface area contributed by atoms with E-state index in [1.165, 1.54) is 0 Å². The summed E-state index contributed by atoms with van der Waals surface area (Å²) in [6.45, 7) is 6.49. The zero-order valence-corrected chi connectivity index (χ0v) is 9.70. The Morgan fingerprint density at radius 3 is 2.13 bits per heavy atom. The summed E-state index contributed by atoms with van der Waals surface area (Å²) in [5, 5.41) is 19.0. The van der Waals surface area contributed by atoms with E-state index in [0.29, 0.717) is 0 Å². The van der Waals surface area contributed by atoms with Gasteiger partial charge in [0.2, 0.25) is 0 Å². The Hall–Kier alpha value is -1.02. The second kappa shape index (κ2) is 4.67. The molecular formula is C13H20O2. The van der Waals surface area contributed by atoms with Gasteiger partial charge in [-0.2, -0.15) is 0 Å². The van der Waals surface area contributed by atoms with Gasteiger partial charge in [0.05, 0.1) is 6.10 Å². The molecule has 0 heterocycles. The highest BCUT2D eigenvalue weighted by molar-refractivity contribution is 5.27. The van der Waals surface area contributed by atoms with Crippen LogP contribution in [0.4, 0.5) is 0 Å². The topological polar surface area (TPSA) is 40.5 Å². The Balaban J connectivity index is 2.54. The van der Waals surface area contributed by atoms with Crippen molar-refractivity contribution in [3.8, 4) is 5.75 Å². The third-order valence-electron chi connectivity index (χ3n) is 2.45. The van der Waals surface area contributed by atoms with Crippen LogP contribution < -0.4 is 0 Å². The first-order valence-corrected chi connectivity index (χ1v) is 5.35. The van der Waals surface area contributed by atoms with Crippen LogP contribution >= 0.6 is 0 Å². The maximum atomic E-state index is 9.89. The van der Waals surface area contributed by atoms with Crippen molar-refractivity contribution < 1.29 is 10.2 Å². The van der Waals surface area contributed by atoms with Gasteiger partial charge in [0.1, 0.15) is 5.75 Å². The molecule has 0 aliphatic rings. The van der Waals surface area contributed by atoms with Crippen LogP contribution in [0, 0.1) is 5.41 Å². The van der Waals surface area contributed by atoms with Crippen LogP contribution in [0.25, 0.3) is 0 Å². The Bertz CT molecular complexity index is 295. The van der Waals surface area contributed by atoms with E-state index >= 15 is 0 Å². The molecule has 0 aliphatic heterocycles. The second-order valence-electron chi connectivity index (χ2n) is 5.21. The van der Waals surface area contributed by atoms with Gasteiger partial charge in [-0.1, -0.05) is 32.9 Å². The number of aliphatic hydroxyl groups is 1. The van der Waals surface area contributed by atoms with E-state index in [1.54, 1.807) is 24.3 Å². The summed E-state index contributed by atoms with van der Waals surface area (Å²) in [4.78, 5) is 0. The predicted molar refractivity (Wildman–Crippen MR) is 61.8 cm³/mol. The number of aromatic hydroxyl groups is 1. The van der Waals surface area contributed by atoms with Crippen LogP contribution in [0.5, 0.6) is 5.75 Å². The van der Waals surface area contributed by atoms with Crippen molar-refractivity contribution in [1.29, 1.82) is 0 Å².